The minimum atomic E-state index is -0.0798. The van der Waals surface area contributed by atoms with E-state index in [1.54, 1.807) is 7.11 Å². The van der Waals surface area contributed by atoms with Crippen LogP contribution in [0.3, 0.4) is 0 Å². The number of ether oxygens (including phenoxy) is 1. The standard InChI is InChI=1S/C14H26N2O2/c1-11(13(17)15-8-3-9-18-2)16-10-14(6-7-14)12-4-5-12/h11-12,16H,3-10H2,1-2H3,(H,15,17). The first-order valence-electron chi connectivity index (χ1n) is 7.18. The average molecular weight is 254 g/mol. The van der Waals surface area contributed by atoms with Gasteiger partial charge in [-0.3, -0.25) is 4.79 Å². The Labute approximate surface area is 110 Å². The zero-order valence-electron chi connectivity index (χ0n) is 11.6. The van der Waals surface area contributed by atoms with Crippen LogP contribution in [0.1, 0.15) is 39.0 Å². The SMILES string of the molecule is COCCCNC(=O)C(C)NCC1(C2CC2)CC1. The molecule has 1 unspecified atom stereocenters. The third kappa shape index (κ3) is 3.69. The molecule has 2 aliphatic rings. The van der Waals surface area contributed by atoms with E-state index in [4.69, 9.17) is 4.74 Å². The maximum absolute atomic E-state index is 11.8. The third-order valence-corrected chi connectivity index (χ3v) is 4.31. The highest BCUT2D eigenvalue weighted by atomic mass is 16.5. The number of nitrogens with one attached hydrogen (secondary N) is 2. The predicted molar refractivity (Wildman–Crippen MR) is 71.4 cm³/mol. The molecule has 2 fully saturated rings. The maximum atomic E-state index is 11.8. The Hall–Kier alpha value is -0.610. The molecule has 2 saturated carbocycles. The highest BCUT2D eigenvalue weighted by Crippen LogP contribution is 2.60. The Kier molecular flexibility index (Phi) is 4.62. The van der Waals surface area contributed by atoms with Crippen LogP contribution < -0.4 is 10.6 Å². The van der Waals surface area contributed by atoms with Crippen molar-refractivity contribution in [1.82, 2.24) is 10.6 Å². The quantitative estimate of drug-likeness (QED) is 0.610. The summed E-state index contributed by atoms with van der Waals surface area (Å²) in [6.45, 7) is 4.37. The Bertz CT molecular complexity index is 286. The highest BCUT2D eigenvalue weighted by molar-refractivity contribution is 5.81. The molecule has 2 rings (SSSR count). The van der Waals surface area contributed by atoms with Crippen LogP contribution in [0.4, 0.5) is 0 Å². The largest absolute Gasteiger partial charge is 0.385 e. The van der Waals surface area contributed by atoms with Crippen molar-refractivity contribution in [1.29, 1.82) is 0 Å². The molecule has 4 nitrogen and oxygen atoms in total. The van der Waals surface area contributed by atoms with E-state index in [0.717, 1.165) is 18.9 Å². The van der Waals surface area contributed by atoms with Crippen molar-refractivity contribution < 1.29 is 9.53 Å². The van der Waals surface area contributed by atoms with Crippen LogP contribution in [-0.2, 0) is 9.53 Å². The minimum Gasteiger partial charge on any atom is -0.385 e. The van der Waals surface area contributed by atoms with Crippen molar-refractivity contribution in [3.63, 3.8) is 0 Å². The molecule has 2 N–H and O–H groups in total. The molecule has 4 heteroatoms. The van der Waals surface area contributed by atoms with E-state index >= 15 is 0 Å². The molecule has 1 amide bonds. The van der Waals surface area contributed by atoms with Gasteiger partial charge in [0.05, 0.1) is 6.04 Å². The lowest BCUT2D eigenvalue weighted by molar-refractivity contribution is -0.122. The number of amides is 1. The molecule has 0 bridgehead atoms. The smallest absolute Gasteiger partial charge is 0.236 e. The van der Waals surface area contributed by atoms with Crippen LogP contribution >= 0.6 is 0 Å². The van der Waals surface area contributed by atoms with Crippen LogP contribution in [0.15, 0.2) is 0 Å². The molecule has 0 aromatic rings. The van der Waals surface area contributed by atoms with Crippen molar-refractivity contribution in [2.24, 2.45) is 11.3 Å². The van der Waals surface area contributed by atoms with E-state index in [-0.39, 0.29) is 11.9 Å². The van der Waals surface area contributed by atoms with Crippen LogP contribution in [0.25, 0.3) is 0 Å². The molecule has 18 heavy (non-hydrogen) atoms. The van der Waals surface area contributed by atoms with Gasteiger partial charge in [0.1, 0.15) is 0 Å². The monoisotopic (exact) mass is 254 g/mol. The summed E-state index contributed by atoms with van der Waals surface area (Å²) in [4.78, 5) is 11.8. The Balaban J connectivity index is 1.58. The zero-order chi connectivity index (χ0) is 13.0. The molecule has 104 valence electrons. The fourth-order valence-electron chi connectivity index (χ4n) is 2.62. The van der Waals surface area contributed by atoms with Crippen LogP contribution in [-0.4, -0.2) is 38.8 Å². The Morgan fingerprint density at radius 2 is 2.17 bits per heavy atom. The Morgan fingerprint density at radius 1 is 1.44 bits per heavy atom. The molecule has 0 spiro atoms. The second-order valence-corrected chi connectivity index (χ2v) is 5.88. The fraction of sp³-hybridized carbons (Fsp3) is 0.929. The molecule has 0 aromatic carbocycles. The van der Waals surface area contributed by atoms with Crippen molar-refractivity contribution >= 4 is 5.91 Å². The summed E-state index contributed by atoms with van der Waals surface area (Å²) in [6.07, 6.45) is 6.39. The summed E-state index contributed by atoms with van der Waals surface area (Å²) in [6, 6.07) is -0.0798. The number of carbonyl (C=O) groups is 1. The highest BCUT2D eigenvalue weighted by Gasteiger charge is 2.53. The molecule has 0 heterocycles. The van der Waals surface area contributed by atoms with Crippen molar-refractivity contribution in [2.45, 2.75) is 45.1 Å². The van der Waals surface area contributed by atoms with E-state index in [2.05, 4.69) is 10.6 Å². The predicted octanol–water partition coefficient (Wildman–Crippen LogP) is 1.31. The lowest BCUT2D eigenvalue weighted by Gasteiger charge is -2.19. The van der Waals surface area contributed by atoms with Gasteiger partial charge in [0.25, 0.3) is 0 Å². The van der Waals surface area contributed by atoms with E-state index in [1.165, 1.54) is 25.7 Å². The topological polar surface area (TPSA) is 50.4 Å². The number of rotatable bonds is 9. The average Bonchev–Trinajstić information content (AvgIpc) is 3.23. The Morgan fingerprint density at radius 3 is 2.72 bits per heavy atom. The number of methoxy groups -OCH3 is 1. The van der Waals surface area contributed by atoms with Crippen LogP contribution in [0, 0.1) is 11.3 Å². The summed E-state index contributed by atoms with van der Waals surface area (Å²) in [5.74, 6) is 1.06. The van der Waals surface area contributed by atoms with Gasteiger partial charge in [0.15, 0.2) is 0 Å². The molecule has 1 atom stereocenters. The summed E-state index contributed by atoms with van der Waals surface area (Å²) in [7, 11) is 1.68. The summed E-state index contributed by atoms with van der Waals surface area (Å²) < 4.78 is 4.95. The van der Waals surface area contributed by atoms with Crippen LogP contribution in [0.5, 0.6) is 0 Å². The summed E-state index contributed by atoms with van der Waals surface area (Å²) in [5, 5.41) is 6.34. The second-order valence-electron chi connectivity index (χ2n) is 5.88. The first kappa shape index (κ1) is 13.8. The molecule has 0 saturated heterocycles. The number of hydrogen-bond donors (Lipinski definition) is 2. The molecule has 2 aliphatic carbocycles. The zero-order valence-corrected chi connectivity index (χ0v) is 11.6. The molecular weight excluding hydrogens is 228 g/mol. The van der Waals surface area contributed by atoms with Crippen molar-refractivity contribution in [2.75, 3.05) is 26.8 Å². The van der Waals surface area contributed by atoms with E-state index < -0.39 is 0 Å². The first-order valence-corrected chi connectivity index (χ1v) is 7.18. The van der Waals surface area contributed by atoms with Gasteiger partial charge in [0.2, 0.25) is 5.91 Å². The van der Waals surface area contributed by atoms with Gasteiger partial charge in [-0.1, -0.05) is 0 Å². The number of carbonyl (C=O) groups excluding carboxylic acids is 1. The van der Waals surface area contributed by atoms with Gasteiger partial charge in [-0.2, -0.15) is 0 Å². The molecule has 0 aromatic heterocycles. The maximum Gasteiger partial charge on any atom is 0.236 e. The van der Waals surface area contributed by atoms with Crippen molar-refractivity contribution in [3.8, 4) is 0 Å². The third-order valence-electron chi connectivity index (χ3n) is 4.31. The van der Waals surface area contributed by atoms with Gasteiger partial charge in [-0.05, 0) is 50.4 Å². The first-order chi connectivity index (χ1) is 8.68. The molecule has 0 radical (unpaired) electrons. The summed E-state index contributed by atoms with van der Waals surface area (Å²) in [5.41, 5.74) is 0.560. The minimum absolute atomic E-state index is 0.0798. The van der Waals surface area contributed by atoms with E-state index in [0.29, 0.717) is 18.6 Å². The van der Waals surface area contributed by atoms with Gasteiger partial charge in [0, 0.05) is 26.8 Å². The lowest BCUT2D eigenvalue weighted by Crippen LogP contribution is -2.44. The van der Waals surface area contributed by atoms with Crippen LogP contribution in [0.2, 0.25) is 0 Å². The van der Waals surface area contributed by atoms with E-state index in [1.807, 2.05) is 6.92 Å². The fourth-order valence-corrected chi connectivity index (χ4v) is 2.62. The van der Waals surface area contributed by atoms with Gasteiger partial charge in [-0.15, -0.1) is 0 Å². The van der Waals surface area contributed by atoms with E-state index in [9.17, 15) is 4.79 Å². The summed E-state index contributed by atoms with van der Waals surface area (Å²) >= 11 is 0. The van der Waals surface area contributed by atoms with Gasteiger partial charge in [-0.25, -0.2) is 0 Å². The van der Waals surface area contributed by atoms with Gasteiger partial charge >= 0.3 is 0 Å². The second kappa shape index (κ2) is 6.02. The normalized spacial score (nSPS) is 22.6. The van der Waals surface area contributed by atoms with Crippen molar-refractivity contribution in [3.05, 3.63) is 0 Å². The molecule has 0 aliphatic heterocycles. The lowest BCUT2D eigenvalue weighted by atomic mass is 10.0. The van der Waals surface area contributed by atoms with Gasteiger partial charge < -0.3 is 15.4 Å². The molecular formula is C14H26N2O2. The number of hydrogen-bond acceptors (Lipinski definition) is 3.